The van der Waals surface area contributed by atoms with Crippen LogP contribution >= 0.6 is 23.2 Å². The summed E-state index contributed by atoms with van der Waals surface area (Å²) < 4.78 is 2.02. The Morgan fingerprint density at radius 3 is 2.47 bits per heavy atom. The van der Waals surface area contributed by atoms with E-state index in [1.165, 1.54) is 0 Å². The van der Waals surface area contributed by atoms with Gasteiger partial charge in [0.1, 0.15) is 0 Å². The van der Waals surface area contributed by atoms with E-state index in [9.17, 15) is 9.90 Å². The Bertz CT molecular complexity index is 1140. The molecule has 1 aromatic heterocycles. The number of carbonyl (C=O) groups is 1. The van der Waals surface area contributed by atoms with E-state index in [4.69, 9.17) is 23.2 Å². The first kappa shape index (κ1) is 24.6. The van der Waals surface area contributed by atoms with Crippen LogP contribution in [0.3, 0.4) is 0 Å². The molecule has 3 aromatic rings. The molecule has 2 N–H and O–H groups in total. The first-order chi connectivity index (χ1) is 16.3. The van der Waals surface area contributed by atoms with Gasteiger partial charge in [-0.25, -0.2) is 0 Å². The molecule has 1 atom stereocenters. The predicted octanol–water partition coefficient (Wildman–Crippen LogP) is 4.22. The van der Waals surface area contributed by atoms with Crippen LogP contribution in [0.4, 0.5) is 5.69 Å². The van der Waals surface area contributed by atoms with Crippen molar-refractivity contribution < 1.29 is 9.90 Å². The number of aromatic nitrogens is 1. The van der Waals surface area contributed by atoms with Gasteiger partial charge in [-0.3, -0.25) is 9.69 Å². The lowest BCUT2D eigenvalue weighted by Gasteiger charge is -2.37. The minimum Gasteiger partial charge on any atom is -0.390 e. The summed E-state index contributed by atoms with van der Waals surface area (Å²) in [5.41, 5.74) is 4.50. The molecule has 34 heavy (non-hydrogen) atoms. The summed E-state index contributed by atoms with van der Waals surface area (Å²) in [6, 6.07) is 17.6. The van der Waals surface area contributed by atoms with E-state index in [2.05, 4.69) is 15.1 Å². The topological polar surface area (TPSA) is 60.7 Å². The summed E-state index contributed by atoms with van der Waals surface area (Å²) in [4.78, 5) is 17.3. The number of anilines is 1. The molecule has 0 spiro atoms. The first-order valence-corrected chi connectivity index (χ1v) is 12.2. The molecular formula is C26H30Cl2N4O2. The SMILES string of the molecule is Cc1c(C(=O)NCC(O)CN2CCN(c3cccc(Cl)c3Cl)CC2)cc(-c2ccccc2)n1C. The second-order valence-corrected chi connectivity index (χ2v) is 9.46. The van der Waals surface area contributed by atoms with Crippen molar-refractivity contribution in [2.24, 2.45) is 7.05 Å². The quantitative estimate of drug-likeness (QED) is 0.509. The molecule has 180 valence electrons. The van der Waals surface area contributed by atoms with E-state index in [1.807, 2.05) is 67.1 Å². The van der Waals surface area contributed by atoms with E-state index >= 15 is 0 Å². The fourth-order valence-electron chi connectivity index (χ4n) is 4.39. The number of benzene rings is 2. The van der Waals surface area contributed by atoms with Crippen molar-refractivity contribution in [3.63, 3.8) is 0 Å². The van der Waals surface area contributed by atoms with Gasteiger partial charge >= 0.3 is 0 Å². The highest BCUT2D eigenvalue weighted by Gasteiger charge is 2.22. The zero-order chi connectivity index (χ0) is 24.2. The van der Waals surface area contributed by atoms with Gasteiger partial charge in [-0.15, -0.1) is 0 Å². The minimum atomic E-state index is -0.650. The summed E-state index contributed by atoms with van der Waals surface area (Å²) in [5.74, 6) is -0.172. The maximum Gasteiger partial charge on any atom is 0.253 e. The summed E-state index contributed by atoms with van der Waals surface area (Å²) in [5, 5.41) is 14.6. The van der Waals surface area contributed by atoms with E-state index in [-0.39, 0.29) is 12.5 Å². The van der Waals surface area contributed by atoms with Crippen molar-refractivity contribution in [2.75, 3.05) is 44.2 Å². The third-order valence-electron chi connectivity index (χ3n) is 6.46. The number of nitrogens with zero attached hydrogens (tertiary/aromatic N) is 3. The molecule has 0 bridgehead atoms. The van der Waals surface area contributed by atoms with Crippen LogP contribution in [0.15, 0.2) is 54.6 Å². The van der Waals surface area contributed by atoms with Crippen LogP contribution in [0.25, 0.3) is 11.3 Å². The van der Waals surface area contributed by atoms with Crippen molar-refractivity contribution >= 4 is 34.8 Å². The second-order valence-electron chi connectivity index (χ2n) is 8.68. The Balaban J connectivity index is 1.28. The van der Waals surface area contributed by atoms with E-state index < -0.39 is 6.10 Å². The summed E-state index contributed by atoms with van der Waals surface area (Å²) in [7, 11) is 1.96. The molecule has 2 aromatic carbocycles. The predicted molar refractivity (Wildman–Crippen MR) is 139 cm³/mol. The monoisotopic (exact) mass is 500 g/mol. The van der Waals surface area contributed by atoms with Gasteiger partial charge in [0.05, 0.1) is 27.4 Å². The number of β-amino-alcohol motifs (C(OH)–C–C–N with tert-alkyl or cyclic N) is 1. The Hall–Kier alpha value is -2.51. The van der Waals surface area contributed by atoms with Crippen molar-refractivity contribution in [1.29, 1.82) is 0 Å². The van der Waals surface area contributed by atoms with Gasteiger partial charge in [-0.2, -0.15) is 0 Å². The number of nitrogens with one attached hydrogen (secondary N) is 1. The van der Waals surface area contributed by atoms with Crippen molar-refractivity contribution in [3.8, 4) is 11.3 Å². The number of rotatable bonds is 7. The third kappa shape index (κ3) is 5.41. The number of aliphatic hydroxyl groups is 1. The molecule has 1 fully saturated rings. The van der Waals surface area contributed by atoms with Gasteiger partial charge in [0.15, 0.2) is 0 Å². The second kappa shape index (κ2) is 10.8. The highest BCUT2D eigenvalue weighted by Crippen LogP contribution is 2.33. The van der Waals surface area contributed by atoms with Crippen LogP contribution in [-0.4, -0.2) is 65.9 Å². The average Bonchev–Trinajstić information content (AvgIpc) is 3.15. The number of hydrogen-bond acceptors (Lipinski definition) is 4. The number of amides is 1. The fourth-order valence-corrected chi connectivity index (χ4v) is 4.81. The lowest BCUT2D eigenvalue weighted by Crippen LogP contribution is -2.50. The number of hydrogen-bond donors (Lipinski definition) is 2. The molecule has 0 aliphatic carbocycles. The molecule has 1 saturated heterocycles. The number of carbonyl (C=O) groups excluding carboxylic acids is 1. The van der Waals surface area contributed by atoms with Gasteiger partial charge in [0, 0.05) is 57.7 Å². The van der Waals surface area contributed by atoms with Crippen LogP contribution in [0.5, 0.6) is 0 Å². The average molecular weight is 501 g/mol. The molecule has 1 aliphatic heterocycles. The van der Waals surface area contributed by atoms with Crippen molar-refractivity contribution in [3.05, 3.63) is 75.9 Å². The fraction of sp³-hybridized carbons (Fsp3) is 0.346. The Kier molecular flexibility index (Phi) is 7.84. The maximum absolute atomic E-state index is 12.8. The molecule has 2 heterocycles. The molecule has 8 heteroatoms. The van der Waals surface area contributed by atoms with Gasteiger partial charge in [0.2, 0.25) is 0 Å². The molecule has 6 nitrogen and oxygen atoms in total. The molecule has 4 rings (SSSR count). The lowest BCUT2D eigenvalue weighted by atomic mass is 10.1. The van der Waals surface area contributed by atoms with Crippen LogP contribution in [0.2, 0.25) is 10.0 Å². The maximum atomic E-state index is 12.8. The van der Waals surface area contributed by atoms with Crippen LogP contribution in [0, 0.1) is 6.92 Å². The molecule has 1 aliphatic rings. The van der Waals surface area contributed by atoms with Crippen LogP contribution in [-0.2, 0) is 7.05 Å². The minimum absolute atomic E-state index is 0.172. The molecular weight excluding hydrogens is 471 g/mol. The standard InChI is InChI=1S/C26H30Cl2N4O2/c1-18-21(15-24(30(18)2)19-7-4-3-5-8-19)26(34)29-16-20(33)17-31-11-13-32(14-12-31)23-10-6-9-22(27)25(23)28/h3-10,15,20,33H,11-14,16-17H2,1-2H3,(H,29,34). The van der Waals surface area contributed by atoms with E-state index in [0.29, 0.717) is 22.2 Å². The zero-order valence-electron chi connectivity index (χ0n) is 19.5. The summed E-state index contributed by atoms with van der Waals surface area (Å²) in [6.45, 7) is 5.82. The lowest BCUT2D eigenvalue weighted by molar-refractivity contribution is 0.0851. The van der Waals surface area contributed by atoms with Gasteiger partial charge in [-0.1, -0.05) is 59.6 Å². The number of halogens is 2. The third-order valence-corrected chi connectivity index (χ3v) is 7.27. The molecule has 1 amide bonds. The first-order valence-electron chi connectivity index (χ1n) is 11.4. The largest absolute Gasteiger partial charge is 0.390 e. The Morgan fingerprint density at radius 2 is 1.76 bits per heavy atom. The smallest absolute Gasteiger partial charge is 0.253 e. The normalized spacial score (nSPS) is 15.4. The highest BCUT2D eigenvalue weighted by atomic mass is 35.5. The van der Waals surface area contributed by atoms with Crippen LogP contribution in [0.1, 0.15) is 16.1 Å². The van der Waals surface area contributed by atoms with E-state index in [0.717, 1.165) is 48.8 Å². The van der Waals surface area contributed by atoms with Gasteiger partial charge < -0.3 is 19.9 Å². The summed E-state index contributed by atoms with van der Waals surface area (Å²) in [6.07, 6.45) is -0.650. The Morgan fingerprint density at radius 1 is 1.06 bits per heavy atom. The molecule has 0 radical (unpaired) electrons. The zero-order valence-corrected chi connectivity index (χ0v) is 21.0. The van der Waals surface area contributed by atoms with Gasteiger partial charge in [-0.05, 0) is 30.7 Å². The van der Waals surface area contributed by atoms with Crippen molar-refractivity contribution in [1.82, 2.24) is 14.8 Å². The van der Waals surface area contributed by atoms with Crippen LogP contribution < -0.4 is 10.2 Å². The van der Waals surface area contributed by atoms with Gasteiger partial charge in [0.25, 0.3) is 5.91 Å². The number of piperazine rings is 1. The van der Waals surface area contributed by atoms with Crippen molar-refractivity contribution in [2.45, 2.75) is 13.0 Å². The molecule has 1 unspecified atom stereocenters. The Labute approximate surface area is 210 Å². The number of aliphatic hydroxyl groups excluding tert-OH is 1. The molecule has 0 saturated carbocycles. The summed E-state index contributed by atoms with van der Waals surface area (Å²) >= 11 is 12.5. The highest BCUT2D eigenvalue weighted by molar-refractivity contribution is 6.43. The van der Waals surface area contributed by atoms with E-state index in [1.54, 1.807) is 6.07 Å².